The zero-order valence-corrected chi connectivity index (χ0v) is 10.3. The molecule has 0 saturated carbocycles. The van der Waals surface area contributed by atoms with Crippen molar-refractivity contribution >= 4 is 11.8 Å². The van der Waals surface area contributed by atoms with Gasteiger partial charge in [0, 0.05) is 18.8 Å². The van der Waals surface area contributed by atoms with E-state index in [1.165, 1.54) is 12.4 Å². The van der Waals surface area contributed by atoms with Gasteiger partial charge < -0.3 is 5.11 Å². The van der Waals surface area contributed by atoms with E-state index in [-0.39, 0.29) is 17.8 Å². The number of carbonyl (C=O) groups is 2. The Morgan fingerprint density at radius 2 is 1.70 bits per heavy atom. The Balaban J connectivity index is 2.24. The second kappa shape index (κ2) is 5.71. The molecule has 6 heteroatoms. The predicted molar refractivity (Wildman–Crippen MR) is 68.2 cm³/mol. The van der Waals surface area contributed by atoms with Crippen molar-refractivity contribution in [2.75, 3.05) is 0 Å². The first-order valence-corrected chi connectivity index (χ1v) is 5.68. The van der Waals surface area contributed by atoms with Gasteiger partial charge in [-0.3, -0.25) is 4.79 Å². The molecule has 0 aliphatic rings. The number of nitrogens with zero attached hydrogens (tertiary/aromatic N) is 3. The fraction of sp³-hybridized carbons (Fsp3) is 0.0714. The second-order valence-electron chi connectivity index (χ2n) is 3.97. The Labute approximate surface area is 114 Å². The van der Waals surface area contributed by atoms with Gasteiger partial charge in [-0.2, -0.15) is 5.26 Å². The van der Waals surface area contributed by atoms with Gasteiger partial charge in [0.25, 0.3) is 0 Å². The summed E-state index contributed by atoms with van der Waals surface area (Å²) in [4.78, 5) is 30.5. The molecule has 2 aromatic rings. The van der Waals surface area contributed by atoms with Crippen LogP contribution in [-0.2, 0) is 6.42 Å². The van der Waals surface area contributed by atoms with Gasteiger partial charge in [0.15, 0.2) is 11.5 Å². The third-order valence-corrected chi connectivity index (χ3v) is 2.61. The van der Waals surface area contributed by atoms with E-state index in [1.54, 1.807) is 24.3 Å². The Morgan fingerprint density at radius 3 is 2.25 bits per heavy atom. The van der Waals surface area contributed by atoms with Crippen LogP contribution in [0.4, 0.5) is 0 Å². The van der Waals surface area contributed by atoms with Crippen molar-refractivity contribution in [1.29, 1.82) is 5.26 Å². The van der Waals surface area contributed by atoms with Gasteiger partial charge in [-0.05, 0) is 17.7 Å². The molecule has 0 fully saturated rings. The van der Waals surface area contributed by atoms with Crippen LogP contribution in [0, 0.1) is 11.3 Å². The lowest BCUT2D eigenvalue weighted by molar-refractivity contribution is 0.0684. The van der Waals surface area contributed by atoms with Gasteiger partial charge in [-0.15, -0.1) is 0 Å². The number of nitriles is 1. The monoisotopic (exact) mass is 267 g/mol. The van der Waals surface area contributed by atoms with E-state index in [1.807, 2.05) is 6.07 Å². The maximum absolute atomic E-state index is 12.1. The van der Waals surface area contributed by atoms with Crippen LogP contribution in [0.3, 0.4) is 0 Å². The quantitative estimate of drug-likeness (QED) is 0.841. The normalized spacial score (nSPS) is 9.75. The van der Waals surface area contributed by atoms with Crippen LogP contribution >= 0.6 is 0 Å². The molecule has 0 saturated heterocycles. The number of hydrogen-bond acceptors (Lipinski definition) is 5. The number of benzene rings is 1. The van der Waals surface area contributed by atoms with Gasteiger partial charge in [0.2, 0.25) is 0 Å². The van der Waals surface area contributed by atoms with E-state index in [2.05, 4.69) is 9.97 Å². The highest BCUT2D eigenvalue weighted by atomic mass is 16.4. The predicted octanol–water partition coefficient (Wildman–Crippen LogP) is 1.47. The lowest BCUT2D eigenvalue weighted by Crippen LogP contribution is -2.14. The van der Waals surface area contributed by atoms with Crippen LogP contribution in [0.2, 0.25) is 0 Å². The van der Waals surface area contributed by atoms with E-state index >= 15 is 0 Å². The maximum Gasteiger partial charge on any atom is 0.356 e. The fourth-order valence-electron chi connectivity index (χ4n) is 1.66. The molecule has 1 aromatic carbocycles. The molecule has 6 nitrogen and oxygen atoms in total. The minimum absolute atomic E-state index is 0.00464. The summed E-state index contributed by atoms with van der Waals surface area (Å²) >= 11 is 0. The highest BCUT2D eigenvalue weighted by Crippen LogP contribution is 2.10. The van der Waals surface area contributed by atoms with Crippen molar-refractivity contribution in [3.8, 4) is 6.07 Å². The third-order valence-electron chi connectivity index (χ3n) is 2.61. The highest BCUT2D eigenvalue weighted by molar-refractivity contribution is 6.03. The van der Waals surface area contributed by atoms with Gasteiger partial charge in [0.1, 0.15) is 5.69 Å². The maximum atomic E-state index is 12.1. The van der Waals surface area contributed by atoms with Crippen molar-refractivity contribution in [2.24, 2.45) is 0 Å². The average Bonchev–Trinajstić information content (AvgIpc) is 2.48. The van der Waals surface area contributed by atoms with Crippen molar-refractivity contribution < 1.29 is 14.7 Å². The van der Waals surface area contributed by atoms with Crippen molar-refractivity contribution in [2.45, 2.75) is 6.42 Å². The number of carboxylic acid groups (broad SMARTS) is 1. The average molecular weight is 267 g/mol. The topological polar surface area (TPSA) is 104 Å². The molecule has 20 heavy (non-hydrogen) atoms. The van der Waals surface area contributed by atoms with E-state index < -0.39 is 11.8 Å². The molecular weight excluding hydrogens is 258 g/mol. The zero-order valence-electron chi connectivity index (χ0n) is 10.3. The van der Waals surface area contributed by atoms with Crippen molar-refractivity contribution in [3.05, 3.63) is 59.2 Å². The Morgan fingerprint density at radius 1 is 1.10 bits per heavy atom. The molecule has 0 aliphatic heterocycles. The summed E-state index contributed by atoms with van der Waals surface area (Å²) in [5, 5.41) is 17.6. The first-order chi connectivity index (χ1) is 9.61. The minimum atomic E-state index is -1.29. The van der Waals surface area contributed by atoms with Crippen LogP contribution in [0.1, 0.15) is 32.1 Å². The summed E-state index contributed by atoms with van der Waals surface area (Å²) in [5.74, 6) is -1.72. The lowest BCUT2D eigenvalue weighted by atomic mass is 10.0. The van der Waals surface area contributed by atoms with E-state index in [0.29, 0.717) is 11.1 Å². The molecule has 0 unspecified atom stereocenters. The number of carbonyl (C=O) groups excluding carboxylic acids is 1. The number of aromatic carboxylic acids is 1. The Kier molecular flexibility index (Phi) is 3.82. The number of carboxylic acids is 1. The molecular formula is C14H9N3O3. The SMILES string of the molecule is N#Cc1ccc(CC(=O)c2nccnc2C(=O)O)cc1. The van der Waals surface area contributed by atoms with Crippen LogP contribution in [-0.4, -0.2) is 26.8 Å². The van der Waals surface area contributed by atoms with Crippen LogP contribution in [0.15, 0.2) is 36.7 Å². The third kappa shape index (κ3) is 2.84. The van der Waals surface area contributed by atoms with E-state index in [9.17, 15) is 9.59 Å². The highest BCUT2D eigenvalue weighted by Gasteiger charge is 2.19. The number of ketones is 1. The summed E-state index contributed by atoms with van der Waals surface area (Å²) < 4.78 is 0. The first kappa shape index (κ1) is 13.4. The van der Waals surface area contributed by atoms with Gasteiger partial charge in [-0.25, -0.2) is 14.8 Å². The Bertz CT molecular complexity index is 702. The van der Waals surface area contributed by atoms with Crippen LogP contribution in [0.5, 0.6) is 0 Å². The van der Waals surface area contributed by atoms with Crippen LogP contribution in [0.25, 0.3) is 0 Å². The molecule has 1 heterocycles. The molecule has 1 N–H and O–H groups in total. The molecule has 0 amide bonds. The minimum Gasteiger partial charge on any atom is -0.476 e. The molecule has 0 radical (unpaired) electrons. The summed E-state index contributed by atoms with van der Waals surface area (Å²) in [7, 11) is 0. The molecule has 0 atom stereocenters. The molecule has 2 rings (SSSR count). The van der Waals surface area contributed by atoms with E-state index in [4.69, 9.17) is 10.4 Å². The smallest absolute Gasteiger partial charge is 0.356 e. The Hall–Kier alpha value is -3.07. The standard InChI is InChI=1S/C14H9N3O3/c15-8-10-3-1-9(2-4-10)7-11(18)12-13(14(19)20)17-6-5-16-12/h1-6H,7H2,(H,19,20). The van der Waals surface area contributed by atoms with Crippen molar-refractivity contribution in [3.63, 3.8) is 0 Å². The number of hydrogen-bond donors (Lipinski definition) is 1. The molecule has 0 aliphatic carbocycles. The second-order valence-corrected chi connectivity index (χ2v) is 3.97. The lowest BCUT2D eigenvalue weighted by Gasteiger charge is -2.03. The molecule has 1 aromatic heterocycles. The summed E-state index contributed by atoms with van der Waals surface area (Å²) in [6, 6.07) is 8.46. The fourth-order valence-corrected chi connectivity index (χ4v) is 1.66. The number of Topliss-reactive ketones (excluding diaryl/α,β-unsaturated/α-hetero) is 1. The van der Waals surface area contributed by atoms with Gasteiger partial charge in [0.05, 0.1) is 11.6 Å². The van der Waals surface area contributed by atoms with Gasteiger partial charge in [-0.1, -0.05) is 12.1 Å². The summed E-state index contributed by atoms with van der Waals surface area (Å²) in [6.45, 7) is 0. The first-order valence-electron chi connectivity index (χ1n) is 5.68. The van der Waals surface area contributed by atoms with Gasteiger partial charge >= 0.3 is 5.97 Å². The summed E-state index contributed by atoms with van der Waals surface area (Å²) in [5.41, 5.74) is 0.651. The van der Waals surface area contributed by atoms with Crippen molar-refractivity contribution in [1.82, 2.24) is 9.97 Å². The summed E-state index contributed by atoms with van der Waals surface area (Å²) in [6.07, 6.45) is 2.51. The number of rotatable bonds is 4. The van der Waals surface area contributed by atoms with E-state index in [0.717, 1.165) is 0 Å². The zero-order chi connectivity index (χ0) is 14.5. The molecule has 0 bridgehead atoms. The number of aromatic nitrogens is 2. The molecule has 98 valence electrons. The molecule has 0 spiro atoms. The van der Waals surface area contributed by atoms with Crippen LogP contribution < -0.4 is 0 Å². The largest absolute Gasteiger partial charge is 0.476 e.